The Morgan fingerprint density at radius 1 is 1.36 bits per heavy atom. The van der Waals surface area contributed by atoms with Crippen LogP contribution in [0.5, 0.6) is 0 Å². The molecule has 1 aliphatic heterocycles. The molecule has 1 aromatic carbocycles. The Hall–Kier alpha value is -2.44. The third-order valence-electron chi connectivity index (χ3n) is 3.54. The Kier molecular flexibility index (Phi) is 4.44. The molecule has 1 aromatic rings. The van der Waals surface area contributed by atoms with E-state index in [1.165, 1.54) is 24.9 Å². The number of ether oxygens (including phenoxy) is 1. The molecule has 22 heavy (non-hydrogen) atoms. The fourth-order valence-corrected chi connectivity index (χ4v) is 2.31. The number of carbonyl (C=O) groups excluding carboxylic acids is 2. The zero-order chi connectivity index (χ0) is 16.4. The van der Waals surface area contributed by atoms with Crippen LogP contribution < -0.4 is 5.32 Å². The predicted octanol–water partition coefficient (Wildman–Crippen LogP) is 2.50. The van der Waals surface area contributed by atoms with Crippen molar-refractivity contribution in [2.24, 2.45) is 0 Å². The first kappa shape index (κ1) is 15.9. The molecule has 0 radical (unpaired) electrons. The fraction of sp³-hybridized carbons (Fsp3) is 0.333. The van der Waals surface area contributed by atoms with Crippen LogP contribution in [0.25, 0.3) is 0 Å². The van der Waals surface area contributed by atoms with Crippen LogP contribution in [0.3, 0.4) is 0 Å². The van der Waals surface area contributed by atoms with Crippen molar-refractivity contribution in [3.8, 4) is 0 Å². The zero-order valence-corrected chi connectivity index (χ0v) is 12.4. The summed E-state index contributed by atoms with van der Waals surface area (Å²) in [6.07, 6.45) is 0. The van der Waals surface area contributed by atoms with Crippen LogP contribution in [-0.4, -0.2) is 30.6 Å². The number of carbonyl (C=O) groups is 2. The van der Waals surface area contributed by atoms with E-state index in [4.69, 9.17) is 4.74 Å². The van der Waals surface area contributed by atoms with Crippen LogP contribution in [-0.2, 0) is 9.53 Å². The summed E-state index contributed by atoms with van der Waals surface area (Å²) in [4.78, 5) is 25.3. The summed E-state index contributed by atoms with van der Waals surface area (Å²) in [5.74, 6) is -2.41. The lowest BCUT2D eigenvalue weighted by Crippen LogP contribution is -2.46. The van der Waals surface area contributed by atoms with Crippen LogP contribution >= 0.6 is 0 Å². The van der Waals surface area contributed by atoms with Gasteiger partial charge < -0.3 is 15.0 Å². The van der Waals surface area contributed by atoms with E-state index in [9.17, 15) is 18.4 Å². The van der Waals surface area contributed by atoms with Gasteiger partial charge in [-0.2, -0.15) is 0 Å². The molecular weight excluding hydrogens is 294 g/mol. The van der Waals surface area contributed by atoms with Gasteiger partial charge in [0.15, 0.2) is 0 Å². The van der Waals surface area contributed by atoms with Crippen molar-refractivity contribution in [2.45, 2.75) is 19.9 Å². The van der Waals surface area contributed by atoms with Crippen LogP contribution in [0.2, 0.25) is 0 Å². The van der Waals surface area contributed by atoms with Gasteiger partial charge in [-0.05, 0) is 26.0 Å². The number of esters is 1. The van der Waals surface area contributed by atoms with Gasteiger partial charge in [0, 0.05) is 12.7 Å². The molecule has 7 heteroatoms. The van der Waals surface area contributed by atoms with Gasteiger partial charge in [0.05, 0.1) is 23.8 Å². The Balaban J connectivity index is 2.61. The standard InChI is InChI=1S/C15H16F2N2O3/c1-4-22-14(20)11-8(2)19(3)15(21)18-13(11)12-9(16)6-5-7-10(12)17/h5-7,13H,4H2,1-3H3,(H,18,21). The summed E-state index contributed by atoms with van der Waals surface area (Å²) in [6, 6.07) is 1.57. The molecule has 118 valence electrons. The SMILES string of the molecule is CCOC(=O)C1=C(C)N(C)C(=O)NC1c1c(F)cccc1F. The smallest absolute Gasteiger partial charge is 0.338 e. The van der Waals surface area contributed by atoms with Gasteiger partial charge >= 0.3 is 12.0 Å². The van der Waals surface area contributed by atoms with E-state index >= 15 is 0 Å². The Morgan fingerprint density at radius 3 is 2.50 bits per heavy atom. The molecule has 1 unspecified atom stereocenters. The van der Waals surface area contributed by atoms with Crippen molar-refractivity contribution in [3.63, 3.8) is 0 Å². The van der Waals surface area contributed by atoms with Crippen molar-refractivity contribution >= 4 is 12.0 Å². The third kappa shape index (κ3) is 2.66. The van der Waals surface area contributed by atoms with E-state index < -0.39 is 29.7 Å². The van der Waals surface area contributed by atoms with E-state index in [1.54, 1.807) is 6.92 Å². The summed E-state index contributed by atoms with van der Waals surface area (Å²) in [7, 11) is 1.46. The minimum atomic E-state index is -1.23. The van der Waals surface area contributed by atoms with Crippen molar-refractivity contribution in [1.29, 1.82) is 0 Å². The number of allylic oxidation sites excluding steroid dienone is 1. The summed E-state index contributed by atoms with van der Waals surface area (Å²) in [5, 5.41) is 2.43. The molecule has 1 atom stereocenters. The molecule has 0 spiro atoms. The van der Waals surface area contributed by atoms with Gasteiger partial charge in [-0.15, -0.1) is 0 Å². The van der Waals surface area contributed by atoms with E-state index in [0.29, 0.717) is 0 Å². The first-order valence-electron chi connectivity index (χ1n) is 6.74. The minimum Gasteiger partial charge on any atom is -0.463 e. The quantitative estimate of drug-likeness (QED) is 0.873. The molecule has 1 heterocycles. The van der Waals surface area contributed by atoms with Gasteiger partial charge in [0.25, 0.3) is 0 Å². The second-order valence-corrected chi connectivity index (χ2v) is 4.80. The van der Waals surface area contributed by atoms with Gasteiger partial charge in [0.2, 0.25) is 0 Å². The number of benzene rings is 1. The minimum absolute atomic E-state index is 0.00736. The highest BCUT2D eigenvalue weighted by molar-refractivity contribution is 5.95. The summed E-state index contributed by atoms with van der Waals surface area (Å²) in [5.41, 5.74) is -0.0887. The lowest BCUT2D eigenvalue weighted by Gasteiger charge is -2.33. The zero-order valence-electron chi connectivity index (χ0n) is 12.4. The summed E-state index contributed by atoms with van der Waals surface area (Å²) in [6.45, 7) is 3.26. The topological polar surface area (TPSA) is 58.6 Å². The molecule has 5 nitrogen and oxygen atoms in total. The number of rotatable bonds is 3. The third-order valence-corrected chi connectivity index (χ3v) is 3.54. The van der Waals surface area contributed by atoms with Gasteiger partial charge in [-0.25, -0.2) is 18.4 Å². The van der Waals surface area contributed by atoms with Gasteiger partial charge in [0.1, 0.15) is 11.6 Å². The number of hydrogen-bond donors (Lipinski definition) is 1. The van der Waals surface area contributed by atoms with E-state index in [1.807, 2.05) is 0 Å². The number of amides is 2. The van der Waals surface area contributed by atoms with Crippen molar-refractivity contribution in [2.75, 3.05) is 13.7 Å². The predicted molar refractivity (Wildman–Crippen MR) is 74.7 cm³/mol. The molecule has 1 aliphatic rings. The first-order valence-corrected chi connectivity index (χ1v) is 6.74. The largest absolute Gasteiger partial charge is 0.463 e. The second kappa shape index (κ2) is 6.13. The maximum Gasteiger partial charge on any atom is 0.338 e. The Labute approximate surface area is 126 Å². The number of nitrogens with zero attached hydrogens (tertiary/aromatic N) is 1. The number of hydrogen-bond acceptors (Lipinski definition) is 3. The monoisotopic (exact) mass is 310 g/mol. The summed E-state index contributed by atoms with van der Waals surface area (Å²) < 4.78 is 33.0. The molecule has 0 saturated carbocycles. The average Bonchev–Trinajstić information content (AvgIpc) is 2.45. The van der Waals surface area contributed by atoms with E-state index in [0.717, 1.165) is 12.1 Å². The first-order chi connectivity index (χ1) is 10.4. The van der Waals surface area contributed by atoms with E-state index in [-0.39, 0.29) is 23.4 Å². The number of nitrogens with one attached hydrogen (secondary N) is 1. The average molecular weight is 310 g/mol. The van der Waals surface area contributed by atoms with Crippen molar-refractivity contribution in [1.82, 2.24) is 10.2 Å². The van der Waals surface area contributed by atoms with Crippen molar-refractivity contribution in [3.05, 3.63) is 46.7 Å². The normalized spacial score (nSPS) is 18.3. The molecule has 2 rings (SSSR count). The molecule has 0 aromatic heterocycles. The van der Waals surface area contributed by atoms with Crippen LogP contribution in [0.15, 0.2) is 29.5 Å². The molecule has 0 fully saturated rings. The molecule has 1 N–H and O–H groups in total. The fourth-order valence-electron chi connectivity index (χ4n) is 2.31. The maximum atomic E-state index is 14.0. The Morgan fingerprint density at radius 2 is 1.95 bits per heavy atom. The number of halogens is 2. The van der Waals surface area contributed by atoms with Crippen LogP contribution in [0.4, 0.5) is 13.6 Å². The highest BCUT2D eigenvalue weighted by Gasteiger charge is 2.37. The Bertz CT molecular complexity index is 638. The van der Waals surface area contributed by atoms with Crippen molar-refractivity contribution < 1.29 is 23.1 Å². The second-order valence-electron chi connectivity index (χ2n) is 4.80. The molecular formula is C15H16F2N2O3. The van der Waals surface area contributed by atoms with Crippen LogP contribution in [0.1, 0.15) is 25.5 Å². The molecule has 0 bridgehead atoms. The molecule has 0 aliphatic carbocycles. The highest BCUT2D eigenvalue weighted by atomic mass is 19.1. The lowest BCUT2D eigenvalue weighted by molar-refractivity contribution is -0.139. The van der Waals surface area contributed by atoms with E-state index in [2.05, 4.69) is 5.32 Å². The lowest BCUT2D eigenvalue weighted by atomic mass is 9.94. The van der Waals surface area contributed by atoms with Gasteiger partial charge in [-0.3, -0.25) is 0 Å². The van der Waals surface area contributed by atoms with Crippen LogP contribution in [0, 0.1) is 11.6 Å². The number of urea groups is 1. The highest BCUT2D eigenvalue weighted by Crippen LogP contribution is 2.33. The maximum absolute atomic E-state index is 14.0. The summed E-state index contributed by atoms with van der Waals surface area (Å²) >= 11 is 0. The van der Waals surface area contributed by atoms with Gasteiger partial charge in [-0.1, -0.05) is 6.07 Å². The molecule has 2 amide bonds. The molecule has 0 saturated heterocycles.